The number of aryl methyl sites for hydroxylation is 1. The van der Waals surface area contributed by atoms with Crippen LogP contribution < -0.4 is 15.0 Å². The van der Waals surface area contributed by atoms with E-state index < -0.39 is 17.8 Å². The molecule has 1 fully saturated rings. The number of ether oxygens (including phenoxy) is 1. The molecule has 1 saturated heterocycles. The van der Waals surface area contributed by atoms with Gasteiger partial charge in [-0.15, -0.1) is 0 Å². The molecule has 0 saturated carbocycles. The topological polar surface area (TPSA) is 80.6 Å². The number of anilines is 1. The fourth-order valence-electron chi connectivity index (χ4n) is 2.40. The number of carbonyl (C=O) groups excluding carboxylic acids is 3. The molecule has 0 spiro atoms. The van der Waals surface area contributed by atoms with Crippen LogP contribution in [0.4, 0.5) is 10.5 Å². The predicted molar refractivity (Wildman–Crippen MR) is 87.4 cm³/mol. The zero-order valence-corrected chi connectivity index (χ0v) is 13.1. The Morgan fingerprint density at radius 2 is 1.79 bits per heavy atom. The number of amides is 4. The Balaban J connectivity index is 1.97. The summed E-state index contributed by atoms with van der Waals surface area (Å²) in [5, 5.41) is 2.18. The van der Waals surface area contributed by atoms with Gasteiger partial charge in [-0.2, -0.15) is 0 Å². The first kappa shape index (κ1) is 15.5. The zero-order chi connectivity index (χ0) is 17.3. The number of imide groups is 2. The molecule has 122 valence electrons. The lowest BCUT2D eigenvalue weighted by Crippen LogP contribution is -2.54. The first-order chi connectivity index (χ1) is 11.5. The highest BCUT2D eigenvalue weighted by Crippen LogP contribution is 2.24. The monoisotopic (exact) mass is 325 g/mol. The van der Waals surface area contributed by atoms with Gasteiger partial charge < -0.3 is 9.30 Å². The molecule has 7 nitrogen and oxygen atoms in total. The van der Waals surface area contributed by atoms with Crippen LogP contribution in [0.25, 0.3) is 6.08 Å². The van der Waals surface area contributed by atoms with Crippen molar-refractivity contribution in [3.63, 3.8) is 0 Å². The number of carbonyl (C=O) groups is 3. The lowest BCUT2D eigenvalue weighted by atomic mass is 10.1. The number of aromatic nitrogens is 1. The van der Waals surface area contributed by atoms with Gasteiger partial charge in [-0.1, -0.05) is 0 Å². The number of nitrogens with zero attached hydrogens (tertiary/aromatic N) is 2. The van der Waals surface area contributed by atoms with Gasteiger partial charge >= 0.3 is 6.03 Å². The Hall–Kier alpha value is -3.35. The van der Waals surface area contributed by atoms with E-state index in [0.717, 1.165) is 4.90 Å². The maximum Gasteiger partial charge on any atom is 0.335 e. The van der Waals surface area contributed by atoms with Crippen molar-refractivity contribution in [1.82, 2.24) is 9.88 Å². The van der Waals surface area contributed by atoms with Gasteiger partial charge in [0.15, 0.2) is 0 Å². The molecule has 24 heavy (non-hydrogen) atoms. The summed E-state index contributed by atoms with van der Waals surface area (Å²) < 4.78 is 6.85. The van der Waals surface area contributed by atoms with Gasteiger partial charge in [0, 0.05) is 19.4 Å². The molecule has 1 aliphatic rings. The first-order valence-corrected chi connectivity index (χ1v) is 7.17. The third-order valence-corrected chi connectivity index (χ3v) is 3.60. The molecule has 0 unspecified atom stereocenters. The fourth-order valence-corrected chi connectivity index (χ4v) is 2.40. The van der Waals surface area contributed by atoms with Gasteiger partial charge in [-0.25, -0.2) is 9.69 Å². The number of methoxy groups -OCH3 is 1. The summed E-state index contributed by atoms with van der Waals surface area (Å²) in [5.74, 6) is -0.781. The first-order valence-electron chi connectivity index (χ1n) is 7.17. The molecule has 0 radical (unpaired) electrons. The summed E-state index contributed by atoms with van der Waals surface area (Å²) in [7, 11) is 3.35. The van der Waals surface area contributed by atoms with Crippen LogP contribution in [0.15, 0.2) is 48.3 Å². The third-order valence-electron chi connectivity index (χ3n) is 3.60. The zero-order valence-electron chi connectivity index (χ0n) is 13.1. The molecule has 0 bridgehead atoms. The number of hydrogen-bond donors (Lipinski definition) is 1. The Morgan fingerprint density at radius 3 is 2.38 bits per heavy atom. The third kappa shape index (κ3) is 2.79. The van der Waals surface area contributed by atoms with Gasteiger partial charge in [-0.05, 0) is 42.0 Å². The highest BCUT2D eigenvalue weighted by molar-refractivity contribution is 6.39. The van der Waals surface area contributed by atoms with Crippen LogP contribution >= 0.6 is 0 Å². The minimum Gasteiger partial charge on any atom is -0.497 e. The number of rotatable bonds is 3. The number of urea groups is 1. The highest BCUT2D eigenvalue weighted by Gasteiger charge is 2.36. The van der Waals surface area contributed by atoms with Crippen molar-refractivity contribution >= 4 is 29.6 Å². The van der Waals surface area contributed by atoms with E-state index in [1.807, 2.05) is 7.05 Å². The van der Waals surface area contributed by atoms with Gasteiger partial charge in [0.05, 0.1) is 12.8 Å². The van der Waals surface area contributed by atoms with E-state index in [1.165, 1.54) is 13.2 Å². The second-order valence-corrected chi connectivity index (χ2v) is 5.27. The van der Waals surface area contributed by atoms with Crippen molar-refractivity contribution < 1.29 is 19.1 Å². The Bertz CT molecular complexity index is 849. The summed E-state index contributed by atoms with van der Waals surface area (Å²) >= 11 is 0. The molecule has 1 aromatic carbocycles. The lowest BCUT2D eigenvalue weighted by molar-refractivity contribution is -0.122. The summed E-state index contributed by atoms with van der Waals surface area (Å²) in [6.07, 6.45) is 5.02. The van der Waals surface area contributed by atoms with Crippen LogP contribution in [0, 0.1) is 0 Å². The maximum atomic E-state index is 12.7. The van der Waals surface area contributed by atoms with Crippen molar-refractivity contribution in [3.8, 4) is 5.75 Å². The summed E-state index contributed by atoms with van der Waals surface area (Å²) in [5.41, 5.74) is 0.946. The van der Waals surface area contributed by atoms with E-state index in [2.05, 4.69) is 5.32 Å². The number of barbiturate groups is 1. The molecule has 0 aliphatic carbocycles. The maximum absolute atomic E-state index is 12.7. The quantitative estimate of drug-likeness (QED) is 0.688. The Labute approximate surface area is 138 Å². The minimum atomic E-state index is -0.777. The van der Waals surface area contributed by atoms with E-state index in [4.69, 9.17) is 4.74 Å². The molecule has 1 aliphatic heterocycles. The van der Waals surface area contributed by atoms with Crippen molar-refractivity contribution in [1.29, 1.82) is 0 Å². The molecule has 1 N–H and O–H groups in total. The van der Waals surface area contributed by atoms with E-state index >= 15 is 0 Å². The smallest absolute Gasteiger partial charge is 0.335 e. The van der Waals surface area contributed by atoms with Gasteiger partial charge in [0.1, 0.15) is 11.3 Å². The second kappa shape index (κ2) is 6.04. The molecular weight excluding hydrogens is 310 g/mol. The van der Waals surface area contributed by atoms with Crippen LogP contribution in [0.2, 0.25) is 0 Å². The van der Waals surface area contributed by atoms with Crippen molar-refractivity contribution in [2.24, 2.45) is 7.05 Å². The lowest BCUT2D eigenvalue weighted by Gasteiger charge is -2.26. The van der Waals surface area contributed by atoms with E-state index in [0.29, 0.717) is 17.0 Å². The molecule has 2 aromatic rings. The van der Waals surface area contributed by atoms with Crippen LogP contribution in [0.3, 0.4) is 0 Å². The standard InChI is InChI=1S/C17H15N3O4/c1-19-8-7-11(10-19)9-14-15(21)18-17(23)20(16(14)22)12-3-5-13(24-2)6-4-12/h3-10H,1-2H3,(H,18,21,23)/b14-9-. The van der Waals surface area contributed by atoms with Crippen molar-refractivity contribution in [2.75, 3.05) is 12.0 Å². The Morgan fingerprint density at radius 1 is 1.08 bits per heavy atom. The largest absolute Gasteiger partial charge is 0.497 e. The molecule has 4 amide bonds. The SMILES string of the molecule is COc1ccc(N2C(=O)NC(=O)/C(=C/c3ccn(C)c3)C2=O)cc1. The van der Waals surface area contributed by atoms with Crippen LogP contribution in [-0.4, -0.2) is 29.5 Å². The molecular formula is C17H15N3O4. The molecule has 2 heterocycles. The van der Waals surface area contributed by atoms with Crippen LogP contribution in [0.1, 0.15) is 5.56 Å². The normalized spacial score (nSPS) is 16.5. The van der Waals surface area contributed by atoms with Crippen LogP contribution in [-0.2, 0) is 16.6 Å². The Kier molecular flexibility index (Phi) is 3.91. The number of nitrogens with one attached hydrogen (secondary N) is 1. The summed E-state index contributed by atoms with van der Waals surface area (Å²) in [4.78, 5) is 37.7. The molecule has 0 atom stereocenters. The molecule has 7 heteroatoms. The van der Waals surface area contributed by atoms with Gasteiger partial charge in [0.25, 0.3) is 11.8 Å². The minimum absolute atomic E-state index is 0.100. The predicted octanol–water partition coefficient (Wildman–Crippen LogP) is 1.70. The van der Waals surface area contributed by atoms with E-state index in [9.17, 15) is 14.4 Å². The van der Waals surface area contributed by atoms with Gasteiger partial charge in [-0.3, -0.25) is 14.9 Å². The number of hydrogen-bond acceptors (Lipinski definition) is 4. The molecule has 1 aromatic heterocycles. The summed E-state index contributed by atoms with van der Waals surface area (Å²) in [6, 6.07) is 7.40. The van der Waals surface area contributed by atoms with E-state index in [-0.39, 0.29) is 5.57 Å². The summed E-state index contributed by atoms with van der Waals surface area (Å²) in [6.45, 7) is 0. The van der Waals surface area contributed by atoms with Gasteiger partial charge in [0.2, 0.25) is 0 Å². The van der Waals surface area contributed by atoms with Crippen molar-refractivity contribution in [3.05, 3.63) is 53.9 Å². The fraction of sp³-hybridized carbons (Fsp3) is 0.118. The average Bonchev–Trinajstić information content (AvgIpc) is 2.97. The van der Waals surface area contributed by atoms with Crippen LogP contribution in [0.5, 0.6) is 5.75 Å². The second-order valence-electron chi connectivity index (χ2n) is 5.27. The van der Waals surface area contributed by atoms with E-state index in [1.54, 1.807) is 47.3 Å². The van der Waals surface area contributed by atoms with Crippen molar-refractivity contribution in [2.45, 2.75) is 0 Å². The number of benzene rings is 1. The molecule has 3 rings (SSSR count). The highest BCUT2D eigenvalue weighted by atomic mass is 16.5. The average molecular weight is 325 g/mol.